The number of hydrogen-bond donors (Lipinski definition) is 1. The highest BCUT2D eigenvalue weighted by Gasteiger charge is 2.29. The molecule has 2 heterocycles. The van der Waals surface area contributed by atoms with Crippen molar-refractivity contribution in [3.8, 4) is 0 Å². The SMILES string of the molecule is C[C@@H](O)c1cn(C2CCN(S(=O)(=O)Cc3ccccc3)CC2)nn1. The van der Waals surface area contributed by atoms with Gasteiger partial charge in [-0.3, -0.25) is 0 Å². The van der Waals surface area contributed by atoms with Crippen molar-refractivity contribution in [1.29, 1.82) is 0 Å². The van der Waals surface area contributed by atoms with Crippen LogP contribution in [0.1, 0.15) is 43.2 Å². The summed E-state index contributed by atoms with van der Waals surface area (Å²) in [4.78, 5) is 0. The number of aromatic nitrogens is 3. The molecular weight excluding hydrogens is 328 g/mol. The van der Waals surface area contributed by atoms with Gasteiger partial charge in [0.05, 0.1) is 24.1 Å². The molecule has 24 heavy (non-hydrogen) atoms. The van der Waals surface area contributed by atoms with Gasteiger partial charge in [-0.1, -0.05) is 35.5 Å². The molecule has 1 N–H and O–H groups in total. The molecule has 0 spiro atoms. The number of aliphatic hydroxyl groups excluding tert-OH is 1. The number of piperidine rings is 1. The lowest BCUT2D eigenvalue weighted by atomic mass is 10.1. The van der Waals surface area contributed by atoms with E-state index in [1.807, 2.05) is 30.3 Å². The van der Waals surface area contributed by atoms with Crippen molar-refractivity contribution in [1.82, 2.24) is 19.3 Å². The van der Waals surface area contributed by atoms with E-state index >= 15 is 0 Å². The van der Waals surface area contributed by atoms with Crippen LogP contribution >= 0.6 is 0 Å². The van der Waals surface area contributed by atoms with E-state index in [0.717, 1.165) is 5.56 Å². The maximum atomic E-state index is 12.5. The summed E-state index contributed by atoms with van der Waals surface area (Å²) >= 11 is 0. The first-order valence-corrected chi connectivity index (χ1v) is 9.68. The smallest absolute Gasteiger partial charge is 0.218 e. The molecule has 0 radical (unpaired) electrons. The van der Waals surface area contributed by atoms with Gasteiger partial charge in [-0.05, 0) is 25.3 Å². The third-order valence-corrected chi connectivity index (χ3v) is 6.19. The summed E-state index contributed by atoms with van der Waals surface area (Å²) in [7, 11) is -3.30. The highest BCUT2D eigenvalue weighted by molar-refractivity contribution is 7.88. The number of sulfonamides is 1. The zero-order chi connectivity index (χ0) is 17.2. The lowest BCUT2D eigenvalue weighted by molar-refractivity contribution is 0.194. The van der Waals surface area contributed by atoms with E-state index in [0.29, 0.717) is 31.6 Å². The molecule has 0 amide bonds. The Balaban J connectivity index is 1.61. The number of benzene rings is 1. The fraction of sp³-hybridized carbons (Fsp3) is 0.500. The first-order chi connectivity index (χ1) is 11.5. The highest BCUT2D eigenvalue weighted by Crippen LogP contribution is 2.25. The molecule has 2 aromatic rings. The van der Waals surface area contributed by atoms with Crippen LogP contribution in [0.15, 0.2) is 36.5 Å². The van der Waals surface area contributed by atoms with Gasteiger partial charge in [0.2, 0.25) is 10.0 Å². The molecule has 1 saturated heterocycles. The first kappa shape index (κ1) is 17.1. The molecule has 7 nitrogen and oxygen atoms in total. The predicted molar refractivity (Wildman–Crippen MR) is 89.6 cm³/mol. The molecule has 1 aliphatic rings. The summed E-state index contributed by atoms with van der Waals surface area (Å²) in [5, 5.41) is 17.5. The van der Waals surface area contributed by atoms with Gasteiger partial charge in [0.15, 0.2) is 0 Å². The lowest BCUT2D eigenvalue weighted by Gasteiger charge is -2.31. The maximum Gasteiger partial charge on any atom is 0.218 e. The van der Waals surface area contributed by atoms with Gasteiger partial charge in [0, 0.05) is 13.1 Å². The maximum absolute atomic E-state index is 12.5. The standard InChI is InChI=1S/C16H22N4O3S/c1-13(21)16-11-20(18-17-16)15-7-9-19(10-8-15)24(22,23)12-14-5-3-2-4-6-14/h2-6,11,13,15,21H,7-10,12H2,1H3/t13-/m1/s1. The molecule has 0 bridgehead atoms. The minimum Gasteiger partial charge on any atom is -0.387 e. The number of nitrogens with zero attached hydrogens (tertiary/aromatic N) is 4. The third kappa shape index (κ3) is 3.82. The van der Waals surface area contributed by atoms with Crippen LogP contribution in [0.2, 0.25) is 0 Å². The van der Waals surface area contributed by atoms with Gasteiger partial charge in [0.25, 0.3) is 0 Å². The topological polar surface area (TPSA) is 88.3 Å². The molecule has 0 unspecified atom stereocenters. The summed E-state index contributed by atoms with van der Waals surface area (Å²) < 4.78 is 28.4. The van der Waals surface area contributed by atoms with Gasteiger partial charge < -0.3 is 5.11 Å². The van der Waals surface area contributed by atoms with Gasteiger partial charge >= 0.3 is 0 Å². The minimum atomic E-state index is -3.30. The van der Waals surface area contributed by atoms with Gasteiger partial charge in [-0.2, -0.15) is 0 Å². The molecule has 130 valence electrons. The summed E-state index contributed by atoms with van der Waals surface area (Å²) in [5.74, 6) is 0.0357. The second-order valence-electron chi connectivity index (χ2n) is 6.17. The van der Waals surface area contributed by atoms with Crippen molar-refractivity contribution < 1.29 is 13.5 Å². The Hall–Kier alpha value is -1.77. The van der Waals surface area contributed by atoms with Crippen molar-refractivity contribution in [2.24, 2.45) is 0 Å². The van der Waals surface area contributed by atoms with E-state index < -0.39 is 16.1 Å². The van der Waals surface area contributed by atoms with E-state index in [4.69, 9.17) is 0 Å². The van der Waals surface area contributed by atoms with Crippen LogP contribution < -0.4 is 0 Å². The molecule has 3 rings (SSSR count). The largest absolute Gasteiger partial charge is 0.387 e. The third-order valence-electron chi connectivity index (χ3n) is 4.34. The Bertz CT molecular complexity index is 766. The van der Waals surface area contributed by atoms with E-state index in [-0.39, 0.29) is 11.8 Å². The average molecular weight is 350 g/mol. The molecule has 1 atom stereocenters. The Morgan fingerprint density at radius 1 is 1.25 bits per heavy atom. The van der Waals surface area contributed by atoms with Gasteiger partial charge in [-0.25, -0.2) is 17.4 Å². The van der Waals surface area contributed by atoms with Crippen molar-refractivity contribution in [3.63, 3.8) is 0 Å². The van der Waals surface area contributed by atoms with Gasteiger partial charge in [0.1, 0.15) is 5.69 Å². The fourth-order valence-electron chi connectivity index (χ4n) is 2.92. The predicted octanol–water partition coefficient (Wildman–Crippen LogP) is 1.50. The number of hydrogen-bond acceptors (Lipinski definition) is 5. The van der Waals surface area contributed by atoms with Crippen LogP contribution in [0.25, 0.3) is 0 Å². The molecule has 1 fully saturated rings. The van der Waals surface area contributed by atoms with E-state index in [1.54, 1.807) is 22.1 Å². The van der Waals surface area contributed by atoms with E-state index in [2.05, 4.69) is 10.3 Å². The molecule has 1 aromatic carbocycles. The molecule has 1 aromatic heterocycles. The highest BCUT2D eigenvalue weighted by atomic mass is 32.2. The van der Waals surface area contributed by atoms with E-state index in [1.165, 1.54) is 0 Å². The monoisotopic (exact) mass is 350 g/mol. The van der Waals surface area contributed by atoms with Crippen LogP contribution in [0.5, 0.6) is 0 Å². The second-order valence-corrected chi connectivity index (χ2v) is 8.14. The molecule has 0 aliphatic carbocycles. The van der Waals surface area contributed by atoms with Crippen LogP contribution in [0.3, 0.4) is 0 Å². The summed E-state index contributed by atoms with van der Waals surface area (Å²) in [6, 6.07) is 9.35. The Kier molecular flexibility index (Phi) is 4.98. The summed E-state index contributed by atoms with van der Waals surface area (Å²) in [6.07, 6.45) is 2.47. The Morgan fingerprint density at radius 3 is 2.50 bits per heavy atom. The van der Waals surface area contributed by atoms with Crippen molar-refractivity contribution >= 4 is 10.0 Å². The molecular formula is C16H22N4O3S. The van der Waals surface area contributed by atoms with Gasteiger partial charge in [-0.15, -0.1) is 5.10 Å². The second kappa shape index (κ2) is 7.00. The zero-order valence-electron chi connectivity index (χ0n) is 13.6. The van der Waals surface area contributed by atoms with Crippen LogP contribution in [0.4, 0.5) is 0 Å². The molecule has 0 saturated carbocycles. The molecule has 1 aliphatic heterocycles. The molecule has 8 heteroatoms. The van der Waals surface area contributed by atoms with Crippen LogP contribution in [-0.4, -0.2) is 45.9 Å². The van der Waals surface area contributed by atoms with Crippen molar-refractivity contribution in [2.45, 2.75) is 37.7 Å². The fourth-order valence-corrected chi connectivity index (χ4v) is 4.48. The van der Waals surface area contributed by atoms with Crippen LogP contribution in [-0.2, 0) is 15.8 Å². The average Bonchev–Trinajstić information content (AvgIpc) is 3.06. The summed E-state index contributed by atoms with van der Waals surface area (Å²) in [5.41, 5.74) is 1.34. The Morgan fingerprint density at radius 2 is 1.92 bits per heavy atom. The zero-order valence-corrected chi connectivity index (χ0v) is 14.4. The first-order valence-electron chi connectivity index (χ1n) is 8.07. The van der Waals surface area contributed by atoms with E-state index in [9.17, 15) is 13.5 Å². The normalized spacial score (nSPS) is 18.6. The van der Waals surface area contributed by atoms with Crippen molar-refractivity contribution in [3.05, 3.63) is 47.8 Å². The quantitative estimate of drug-likeness (QED) is 0.883. The summed E-state index contributed by atoms with van der Waals surface area (Å²) in [6.45, 7) is 2.60. The minimum absolute atomic E-state index is 0.0357. The van der Waals surface area contributed by atoms with Crippen molar-refractivity contribution in [2.75, 3.05) is 13.1 Å². The number of aliphatic hydroxyl groups is 1. The Labute approximate surface area is 142 Å². The lowest BCUT2D eigenvalue weighted by Crippen LogP contribution is -2.39. The number of rotatable bonds is 5. The van der Waals surface area contributed by atoms with Crippen LogP contribution in [0, 0.1) is 0 Å².